The van der Waals surface area contributed by atoms with Gasteiger partial charge in [-0.1, -0.05) is 48.5 Å². The van der Waals surface area contributed by atoms with Gasteiger partial charge in [0.2, 0.25) is 0 Å². The summed E-state index contributed by atoms with van der Waals surface area (Å²) in [7, 11) is 0. The SMILES string of the molecule is CC(C)N(C(=O)c1c(-c2cc(O)c3ccccc3c2)cc(O)c2ccccc12)C(C)C. The summed E-state index contributed by atoms with van der Waals surface area (Å²) >= 11 is 0. The molecule has 4 rings (SSSR count). The number of amides is 1. The lowest BCUT2D eigenvalue weighted by Crippen LogP contribution is -2.42. The summed E-state index contributed by atoms with van der Waals surface area (Å²) < 4.78 is 0. The molecule has 4 heteroatoms. The van der Waals surface area contributed by atoms with E-state index < -0.39 is 0 Å². The standard InChI is InChI=1S/C27H27NO3/c1-16(2)28(17(3)4)27(31)26-22-12-8-7-11-21(22)25(30)15-23(26)19-13-18-9-5-6-10-20(18)24(29)14-19/h5-17,29-30H,1-4H3. The molecule has 0 saturated carbocycles. The Morgan fingerprint density at radius 1 is 0.742 bits per heavy atom. The number of phenolic OH excluding ortho intramolecular Hbond substituents is 2. The molecule has 0 unspecified atom stereocenters. The van der Waals surface area contributed by atoms with Crippen LogP contribution in [0.25, 0.3) is 32.7 Å². The molecule has 0 aliphatic rings. The van der Waals surface area contributed by atoms with Crippen LogP contribution in [0.1, 0.15) is 38.1 Å². The number of benzene rings is 4. The first-order chi connectivity index (χ1) is 14.8. The lowest BCUT2D eigenvalue weighted by atomic mass is 9.90. The van der Waals surface area contributed by atoms with Gasteiger partial charge in [-0.3, -0.25) is 4.79 Å². The minimum absolute atomic E-state index is 0.0120. The van der Waals surface area contributed by atoms with Gasteiger partial charge in [-0.25, -0.2) is 0 Å². The highest BCUT2D eigenvalue weighted by Gasteiger charge is 2.27. The van der Waals surface area contributed by atoms with E-state index in [-0.39, 0.29) is 29.5 Å². The van der Waals surface area contributed by atoms with Gasteiger partial charge in [0.25, 0.3) is 5.91 Å². The van der Waals surface area contributed by atoms with Gasteiger partial charge in [-0.05, 0) is 67.8 Å². The summed E-state index contributed by atoms with van der Waals surface area (Å²) in [5, 5.41) is 24.4. The molecule has 0 bridgehead atoms. The van der Waals surface area contributed by atoms with Crippen LogP contribution in [0.4, 0.5) is 0 Å². The van der Waals surface area contributed by atoms with Gasteiger partial charge in [0.15, 0.2) is 0 Å². The summed E-state index contributed by atoms with van der Waals surface area (Å²) in [6.07, 6.45) is 0. The van der Waals surface area contributed by atoms with Crippen LogP contribution in [0.3, 0.4) is 0 Å². The zero-order valence-electron chi connectivity index (χ0n) is 18.3. The Hall–Kier alpha value is -3.53. The fourth-order valence-corrected chi connectivity index (χ4v) is 4.45. The van der Waals surface area contributed by atoms with E-state index in [0.29, 0.717) is 27.5 Å². The van der Waals surface area contributed by atoms with Crippen LogP contribution in [-0.2, 0) is 0 Å². The van der Waals surface area contributed by atoms with Crippen molar-refractivity contribution in [3.63, 3.8) is 0 Å². The second kappa shape index (κ2) is 7.95. The number of carbonyl (C=O) groups is 1. The fourth-order valence-electron chi connectivity index (χ4n) is 4.45. The minimum atomic E-state index is -0.0937. The topological polar surface area (TPSA) is 60.8 Å². The third kappa shape index (κ3) is 3.59. The lowest BCUT2D eigenvalue weighted by molar-refractivity contribution is 0.0646. The summed E-state index contributed by atoms with van der Waals surface area (Å²) in [5.41, 5.74) is 1.83. The van der Waals surface area contributed by atoms with E-state index in [1.807, 2.05) is 87.2 Å². The molecular formula is C27H27NO3. The maximum atomic E-state index is 13.9. The second-order valence-electron chi connectivity index (χ2n) is 8.48. The highest BCUT2D eigenvalue weighted by Crippen LogP contribution is 2.40. The molecule has 2 N–H and O–H groups in total. The third-order valence-corrected chi connectivity index (χ3v) is 5.73. The normalized spacial score (nSPS) is 11.5. The van der Waals surface area contributed by atoms with Crippen molar-refractivity contribution < 1.29 is 15.0 Å². The molecule has 158 valence electrons. The molecule has 4 nitrogen and oxygen atoms in total. The second-order valence-corrected chi connectivity index (χ2v) is 8.48. The Morgan fingerprint density at radius 3 is 1.94 bits per heavy atom. The molecular weight excluding hydrogens is 386 g/mol. The Labute approximate surface area is 182 Å². The fraction of sp³-hybridized carbons (Fsp3) is 0.222. The average Bonchev–Trinajstić information content (AvgIpc) is 2.73. The molecule has 0 aliphatic carbocycles. The van der Waals surface area contributed by atoms with E-state index in [2.05, 4.69) is 0 Å². The van der Waals surface area contributed by atoms with E-state index in [4.69, 9.17) is 0 Å². The number of hydrogen-bond donors (Lipinski definition) is 2. The highest BCUT2D eigenvalue weighted by atomic mass is 16.3. The number of carbonyl (C=O) groups excluding carboxylic acids is 1. The molecule has 0 aliphatic heterocycles. The summed E-state index contributed by atoms with van der Waals surface area (Å²) in [4.78, 5) is 15.7. The lowest BCUT2D eigenvalue weighted by Gasteiger charge is -2.32. The van der Waals surface area contributed by atoms with Crippen LogP contribution in [0.5, 0.6) is 11.5 Å². The van der Waals surface area contributed by atoms with Crippen molar-refractivity contribution >= 4 is 27.5 Å². The molecule has 31 heavy (non-hydrogen) atoms. The van der Waals surface area contributed by atoms with Gasteiger partial charge in [0.1, 0.15) is 11.5 Å². The van der Waals surface area contributed by atoms with Crippen molar-refractivity contribution in [3.05, 3.63) is 72.3 Å². The average molecular weight is 414 g/mol. The van der Waals surface area contributed by atoms with Crippen molar-refractivity contribution in [2.45, 2.75) is 39.8 Å². The number of aromatic hydroxyl groups is 2. The third-order valence-electron chi connectivity index (χ3n) is 5.73. The molecule has 1 amide bonds. The largest absolute Gasteiger partial charge is 0.507 e. The Bertz CT molecular complexity index is 1280. The molecule has 0 saturated heterocycles. The van der Waals surface area contributed by atoms with E-state index in [1.165, 1.54) is 0 Å². The van der Waals surface area contributed by atoms with Gasteiger partial charge in [0.05, 0.1) is 5.56 Å². The molecule has 0 spiro atoms. The zero-order valence-corrected chi connectivity index (χ0v) is 18.3. The quantitative estimate of drug-likeness (QED) is 0.411. The summed E-state index contributed by atoms with van der Waals surface area (Å²) in [6, 6.07) is 20.2. The van der Waals surface area contributed by atoms with Crippen LogP contribution >= 0.6 is 0 Å². The van der Waals surface area contributed by atoms with Crippen LogP contribution < -0.4 is 0 Å². The summed E-state index contributed by atoms with van der Waals surface area (Å²) in [6.45, 7) is 8.01. The first kappa shape index (κ1) is 20.7. The Balaban J connectivity index is 2.07. The smallest absolute Gasteiger partial charge is 0.255 e. The monoisotopic (exact) mass is 413 g/mol. The summed E-state index contributed by atoms with van der Waals surface area (Å²) in [5.74, 6) is 0.156. The van der Waals surface area contributed by atoms with Crippen LogP contribution in [0, 0.1) is 0 Å². The van der Waals surface area contributed by atoms with Crippen molar-refractivity contribution in [1.82, 2.24) is 4.90 Å². The number of rotatable bonds is 4. The number of nitrogens with zero attached hydrogens (tertiary/aromatic N) is 1. The van der Waals surface area contributed by atoms with Gasteiger partial charge in [-0.15, -0.1) is 0 Å². The van der Waals surface area contributed by atoms with Crippen LogP contribution in [0.15, 0.2) is 66.7 Å². The van der Waals surface area contributed by atoms with Gasteiger partial charge in [-0.2, -0.15) is 0 Å². The molecule has 4 aromatic carbocycles. The van der Waals surface area contributed by atoms with Crippen LogP contribution in [0.2, 0.25) is 0 Å². The Morgan fingerprint density at radius 2 is 1.29 bits per heavy atom. The predicted molar refractivity (Wildman–Crippen MR) is 127 cm³/mol. The number of phenols is 2. The first-order valence-corrected chi connectivity index (χ1v) is 10.6. The molecule has 0 heterocycles. The van der Waals surface area contributed by atoms with E-state index >= 15 is 0 Å². The Kier molecular flexibility index (Phi) is 5.32. The molecule has 0 radical (unpaired) electrons. The molecule has 0 atom stereocenters. The molecule has 0 aromatic heterocycles. The van der Waals surface area contributed by atoms with E-state index in [0.717, 1.165) is 10.8 Å². The number of hydrogen-bond acceptors (Lipinski definition) is 3. The minimum Gasteiger partial charge on any atom is -0.507 e. The maximum absolute atomic E-state index is 13.9. The number of fused-ring (bicyclic) bond motifs is 2. The maximum Gasteiger partial charge on any atom is 0.255 e. The van der Waals surface area contributed by atoms with Gasteiger partial charge < -0.3 is 15.1 Å². The van der Waals surface area contributed by atoms with Crippen molar-refractivity contribution in [3.8, 4) is 22.6 Å². The van der Waals surface area contributed by atoms with Crippen molar-refractivity contribution in [2.24, 2.45) is 0 Å². The van der Waals surface area contributed by atoms with Crippen molar-refractivity contribution in [2.75, 3.05) is 0 Å². The van der Waals surface area contributed by atoms with Gasteiger partial charge >= 0.3 is 0 Å². The van der Waals surface area contributed by atoms with Crippen LogP contribution in [-0.4, -0.2) is 33.1 Å². The van der Waals surface area contributed by atoms with E-state index in [1.54, 1.807) is 12.1 Å². The predicted octanol–water partition coefficient (Wildman–Crippen LogP) is 6.33. The van der Waals surface area contributed by atoms with Crippen molar-refractivity contribution in [1.29, 1.82) is 0 Å². The highest BCUT2D eigenvalue weighted by molar-refractivity contribution is 6.14. The van der Waals surface area contributed by atoms with Gasteiger partial charge in [0, 0.05) is 22.9 Å². The zero-order chi connectivity index (χ0) is 22.3. The first-order valence-electron chi connectivity index (χ1n) is 10.6. The molecule has 0 fully saturated rings. The molecule has 4 aromatic rings. The van der Waals surface area contributed by atoms with E-state index in [9.17, 15) is 15.0 Å².